The summed E-state index contributed by atoms with van der Waals surface area (Å²) >= 11 is 0. The maximum absolute atomic E-state index is 12.6. The number of furan rings is 1. The number of hydrogen-bond donors (Lipinski definition) is 1. The van der Waals surface area contributed by atoms with E-state index < -0.39 is 0 Å². The normalized spacial score (nSPS) is 11.1. The summed E-state index contributed by atoms with van der Waals surface area (Å²) in [7, 11) is 0. The molecule has 0 unspecified atom stereocenters. The van der Waals surface area contributed by atoms with Crippen LogP contribution in [-0.2, 0) is 6.42 Å². The summed E-state index contributed by atoms with van der Waals surface area (Å²) in [6.45, 7) is 3.92. The van der Waals surface area contributed by atoms with E-state index in [0.29, 0.717) is 11.3 Å². The second kappa shape index (κ2) is 4.43. The van der Waals surface area contributed by atoms with Crippen molar-refractivity contribution in [2.45, 2.75) is 20.3 Å². The minimum absolute atomic E-state index is 0.0605. The minimum Gasteiger partial charge on any atom is -0.458 e. The highest BCUT2D eigenvalue weighted by atomic mass is 16.3. The van der Waals surface area contributed by atoms with Crippen LogP contribution in [0, 0.1) is 6.92 Å². The van der Waals surface area contributed by atoms with Crippen molar-refractivity contribution < 1.29 is 9.21 Å². The number of aromatic amines is 1. The van der Waals surface area contributed by atoms with Crippen LogP contribution in [0.2, 0.25) is 0 Å². The van der Waals surface area contributed by atoms with E-state index in [-0.39, 0.29) is 5.78 Å². The molecule has 0 saturated heterocycles. The van der Waals surface area contributed by atoms with Crippen LogP contribution in [0.3, 0.4) is 0 Å². The predicted octanol–water partition coefficient (Wildman–Crippen LogP) is 3.86. The van der Waals surface area contributed by atoms with Gasteiger partial charge in [0.15, 0.2) is 5.76 Å². The van der Waals surface area contributed by atoms with E-state index in [1.165, 1.54) is 0 Å². The molecule has 0 saturated carbocycles. The van der Waals surface area contributed by atoms with E-state index in [2.05, 4.69) is 4.98 Å². The first-order valence-corrected chi connectivity index (χ1v) is 6.41. The van der Waals surface area contributed by atoms with E-state index in [9.17, 15) is 4.79 Å². The summed E-state index contributed by atoms with van der Waals surface area (Å²) in [6, 6.07) is 11.4. The van der Waals surface area contributed by atoms with E-state index in [0.717, 1.165) is 28.8 Å². The van der Waals surface area contributed by atoms with E-state index >= 15 is 0 Å². The fourth-order valence-corrected chi connectivity index (χ4v) is 2.38. The number of rotatable bonds is 3. The lowest BCUT2D eigenvalue weighted by Gasteiger charge is -1.98. The van der Waals surface area contributed by atoms with Crippen LogP contribution in [0.15, 0.2) is 40.8 Å². The molecular formula is C16H15NO2. The molecule has 0 fully saturated rings. The zero-order valence-electron chi connectivity index (χ0n) is 11.0. The van der Waals surface area contributed by atoms with Crippen LogP contribution < -0.4 is 0 Å². The van der Waals surface area contributed by atoms with Crippen molar-refractivity contribution in [2.75, 3.05) is 0 Å². The fraction of sp³-hybridized carbons (Fsp3) is 0.188. The second-order valence-electron chi connectivity index (χ2n) is 4.62. The maximum atomic E-state index is 12.6. The van der Waals surface area contributed by atoms with Crippen LogP contribution in [0.5, 0.6) is 0 Å². The molecular weight excluding hydrogens is 238 g/mol. The second-order valence-corrected chi connectivity index (χ2v) is 4.62. The quantitative estimate of drug-likeness (QED) is 0.720. The van der Waals surface area contributed by atoms with Gasteiger partial charge in [0.1, 0.15) is 5.76 Å². The van der Waals surface area contributed by atoms with Gasteiger partial charge in [-0.15, -0.1) is 0 Å². The molecule has 0 bridgehead atoms. The first-order valence-electron chi connectivity index (χ1n) is 6.41. The van der Waals surface area contributed by atoms with Crippen molar-refractivity contribution in [3.8, 4) is 0 Å². The fourth-order valence-electron chi connectivity index (χ4n) is 2.38. The largest absolute Gasteiger partial charge is 0.458 e. The van der Waals surface area contributed by atoms with Crippen LogP contribution in [0.4, 0.5) is 0 Å². The number of ketones is 1. The molecule has 0 atom stereocenters. The Bertz CT molecular complexity index is 749. The Hall–Kier alpha value is -2.29. The molecule has 3 aromatic rings. The third-order valence-electron chi connectivity index (χ3n) is 3.35. The highest BCUT2D eigenvalue weighted by Crippen LogP contribution is 2.25. The summed E-state index contributed by atoms with van der Waals surface area (Å²) in [4.78, 5) is 15.8. The molecule has 1 N–H and O–H groups in total. The van der Waals surface area contributed by atoms with Crippen LogP contribution in [-0.4, -0.2) is 10.8 Å². The van der Waals surface area contributed by atoms with Crippen molar-refractivity contribution in [1.29, 1.82) is 0 Å². The lowest BCUT2D eigenvalue weighted by molar-refractivity contribution is 0.101. The number of H-pyrrole nitrogens is 1. The number of fused-ring (bicyclic) bond motifs is 1. The van der Waals surface area contributed by atoms with Crippen LogP contribution in [0.1, 0.15) is 34.5 Å². The van der Waals surface area contributed by atoms with Gasteiger partial charge in [-0.1, -0.05) is 25.1 Å². The molecule has 1 aromatic carbocycles. The van der Waals surface area contributed by atoms with Gasteiger partial charge in [-0.25, -0.2) is 0 Å². The molecule has 3 heteroatoms. The van der Waals surface area contributed by atoms with E-state index in [1.54, 1.807) is 6.07 Å². The van der Waals surface area contributed by atoms with Crippen molar-refractivity contribution in [3.05, 3.63) is 59.2 Å². The van der Waals surface area contributed by atoms with Gasteiger partial charge in [0.2, 0.25) is 5.78 Å². The zero-order valence-corrected chi connectivity index (χ0v) is 11.0. The summed E-state index contributed by atoms with van der Waals surface area (Å²) in [5, 5.41) is 0.944. The van der Waals surface area contributed by atoms with E-state index in [1.807, 2.05) is 44.2 Å². The number of benzene rings is 1. The number of aromatic nitrogens is 1. The van der Waals surface area contributed by atoms with Gasteiger partial charge in [-0.05, 0) is 25.1 Å². The minimum atomic E-state index is -0.0605. The number of nitrogens with one attached hydrogen (secondary N) is 1. The summed E-state index contributed by atoms with van der Waals surface area (Å²) < 4.78 is 5.56. The molecule has 2 aromatic heterocycles. The van der Waals surface area contributed by atoms with Crippen molar-refractivity contribution in [3.63, 3.8) is 0 Å². The Morgan fingerprint density at radius 2 is 2.00 bits per heavy atom. The zero-order chi connectivity index (χ0) is 13.4. The summed E-state index contributed by atoms with van der Waals surface area (Å²) in [6.07, 6.45) is 0.792. The third kappa shape index (κ3) is 1.87. The molecule has 0 spiro atoms. The molecule has 3 rings (SSSR count). The smallest absolute Gasteiger partial charge is 0.230 e. The number of aryl methyl sites for hydroxylation is 2. The van der Waals surface area contributed by atoms with Gasteiger partial charge in [0.05, 0.1) is 5.56 Å². The Balaban J connectivity index is 2.13. The highest BCUT2D eigenvalue weighted by molar-refractivity contribution is 6.16. The summed E-state index contributed by atoms with van der Waals surface area (Å²) in [5.74, 6) is 1.18. The van der Waals surface area contributed by atoms with Gasteiger partial charge in [-0.3, -0.25) is 4.79 Å². The number of para-hydroxylation sites is 1. The monoisotopic (exact) mass is 253 g/mol. The highest BCUT2D eigenvalue weighted by Gasteiger charge is 2.20. The average Bonchev–Trinajstić information content (AvgIpc) is 3.01. The Morgan fingerprint density at radius 3 is 2.74 bits per heavy atom. The lowest BCUT2D eigenvalue weighted by atomic mass is 10.1. The predicted molar refractivity (Wildman–Crippen MR) is 74.6 cm³/mol. The standard InChI is InChI=1S/C16H15NO2/c1-3-11-8-9-14(19-11)16(18)15-10(2)17-13-7-5-4-6-12(13)15/h4-9,17H,3H2,1-2H3. The first kappa shape index (κ1) is 11.8. The molecule has 2 heterocycles. The Kier molecular flexibility index (Phi) is 2.75. The van der Waals surface area contributed by atoms with Crippen molar-refractivity contribution >= 4 is 16.7 Å². The van der Waals surface area contributed by atoms with Gasteiger partial charge in [0.25, 0.3) is 0 Å². The van der Waals surface area contributed by atoms with Crippen molar-refractivity contribution in [2.24, 2.45) is 0 Å². The molecule has 19 heavy (non-hydrogen) atoms. The van der Waals surface area contributed by atoms with Gasteiger partial charge >= 0.3 is 0 Å². The van der Waals surface area contributed by atoms with Gasteiger partial charge in [0, 0.05) is 23.0 Å². The van der Waals surface area contributed by atoms with Crippen molar-refractivity contribution in [1.82, 2.24) is 4.98 Å². The van der Waals surface area contributed by atoms with Gasteiger partial charge < -0.3 is 9.40 Å². The first-order chi connectivity index (χ1) is 9.20. The summed E-state index contributed by atoms with van der Waals surface area (Å²) in [5.41, 5.74) is 2.55. The molecule has 0 aliphatic rings. The maximum Gasteiger partial charge on any atom is 0.230 e. The molecule has 0 amide bonds. The lowest BCUT2D eigenvalue weighted by Crippen LogP contribution is -2.00. The molecule has 96 valence electrons. The third-order valence-corrected chi connectivity index (χ3v) is 3.35. The molecule has 0 radical (unpaired) electrons. The van der Waals surface area contributed by atoms with Crippen LogP contribution >= 0.6 is 0 Å². The number of carbonyl (C=O) groups excluding carboxylic acids is 1. The average molecular weight is 253 g/mol. The van der Waals surface area contributed by atoms with Crippen LogP contribution in [0.25, 0.3) is 10.9 Å². The molecule has 0 aliphatic carbocycles. The Labute approximate surface area is 111 Å². The van der Waals surface area contributed by atoms with Gasteiger partial charge in [-0.2, -0.15) is 0 Å². The molecule has 3 nitrogen and oxygen atoms in total. The van der Waals surface area contributed by atoms with E-state index in [4.69, 9.17) is 4.42 Å². The SMILES string of the molecule is CCc1ccc(C(=O)c2c(C)[nH]c3ccccc23)o1. The topological polar surface area (TPSA) is 46.0 Å². The molecule has 0 aliphatic heterocycles. The number of hydrogen-bond acceptors (Lipinski definition) is 2. The number of carbonyl (C=O) groups is 1. The Morgan fingerprint density at radius 1 is 1.21 bits per heavy atom.